The topological polar surface area (TPSA) is 49.4 Å². The highest BCUT2D eigenvalue weighted by Crippen LogP contribution is 2.41. The molecule has 0 amide bonds. The van der Waals surface area contributed by atoms with Crippen molar-refractivity contribution in [1.29, 1.82) is 0 Å². The Morgan fingerprint density at radius 1 is 1.15 bits per heavy atom. The van der Waals surface area contributed by atoms with Gasteiger partial charge in [0.2, 0.25) is 0 Å². The van der Waals surface area contributed by atoms with Gasteiger partial charge in [-0.05, 0) is 58.7 Å². The summed E-state index contributed by atoms with van der Waals surface area (Å²) in [6.07, 6.45) is 10.9. The molecule has 1 atom stereocenters. The Morgan fingerprint density at radius 2 is 1.75 bits per heavy atom. The number of rotatable bonds is 7. The number of sulfone groups is 1. The Kier molecular flexibility index (Phi) is 5.49. The molecule has 5 heteroatoms. The molecule has 0 radical (unpaired) electrons. The Morgan fingerprint density at radius 3 is 2.25 bits per heavy atom. The van der Waals surface area contributed by atoms with Crippen LogP contribution in [0, 0.1) is 0 Å². The second-order valence-electron chi connectivity index (χ2n) is 6.62. The van der Waals surface area contributed by atoms with Crippen LogP contribution in [0.15, 0.2) is 0 Å². The van der Waals surface area contributed by atoms with Crippen LogP contribution in [0.4, 0.5) is 0 Å². The van der Waals surface area contributed by atoms with Gasteiger partial charge < -0.3 is 5.32 Å². The van der Waals surface area contributed by atoms with Crippen LogP contribution in [0.2, 0.25) is 0 Å². The molecule has 0 aromatic rings. The predicted octanol–water partition coefficient (Wildman–Crippen LogP) is 1.81. The molecule has 1 saturated carbocycles. The SMILES string of the molecule is CNC(CCCS(C)(=O)=O)C1(N2CCCC2)CCCC1. The average molecular weight is 302 g/mol. The molecule has 1 heterocycles. The number of likely N-dealkylation sites (N-methyl/N-ethyl adjacent to an activating group) is 1. The maximum atomic E-state index is 11.3. The van der Waals surface area contributed by atoms with Gasteiger partial charge in [0.15, 0.2) is 0 Å². The summed E-state index contributed by atoms with van der Waals surface area (Å²) in [6.45, 7) is 2.45. The highest BCUT2D eigenvalue weighted by atomic mass is 32.2. The average Bonchev–Trinajstić information content (AvgIpc) is 3.03. The molecule has 1 unspecified atom stereocenters. The number of hydrogen-bond acceptors (Lipinski definition) is 4. The van der Waals surface area contributed by atoms with Crippen molar-refractivity contribution in [3.63, 3.8) is 0 Å². The van der Waals surface area contributed by atoms with Crippen molar-refractivity contribution in [2.24, 2.45) is 0 Å². The van der Waals surface area contributed by atoms with Crippen molar-refractivity contribution in [2.75, 3.05) is 32.1 Å². The van der Waals surface area contributed by atoms with E-state index in [1.54, 1.807) is 0 Å². The molecule has 2 rings (SSSR count). The monoisotopic (exact) mass is 302 g/mol. The van der Waals surface area contributed by atoms with Crippen molar-refractivity contribution in [2.45, 2.75) is 62.9 Å². The minimum absolute atomic E-state index is 0.294. The first-order valence-electron chi connectivity index (χ1n) is 8.08. The molecule has 20 heavy (non-hydrogen) atoms. The summed E-state index contributed by atoms with van der Waals surface area (Å²) in [5.41, 5.74) is 0.294. The molecule has 1 aliphatic heterocycles. The summed E-state index contributed by atoms with van der Waals surface area (Å²) in [5.74, 6) is 0.321. The summed E-state index contributed by atoms with van der Waals surface area (Å²) in [6, 6.07) is 0.435. The third kappa shape index (κ3) is 3.74. The van der Waals surface area contributed by atoms with E-state index >= 15 is 0 Å². The van der Waals surface area contributed by atoms with Crippen molar-refractivity contribution in [3.05, 3.63) is 0 Å². The summed E-state index contributed by atoms with van der Waals surface area (Å²) < 4.78 is 22.7. The van der Waals surface area contributed by atoms with E-state index in [2.05, 4.69) is 10.2 Å². The zero-order valence-corrected chi connectivity index (χ0v) is 13.8. The van der Waals surface area contributed by atoms with Gasteiger partial charge in [0.05, 0.1) is 0 Å². The molecule has 1 aliphatic carbocycles. The van der Waals surface area contributed by atoms with Crippen LogP contribution in [0.25, 0.3) is 0 Å². The standard InChI is InChI=1S/C15H30N2O2S/c1-16-14(8-7-13-20(2,18)19)15(9-3-4-10-15)17-11-5-6-12-17/h14,16H,3-13H2,1-2H3. The normalized spacial score (nSPS) is 25.1. The van der Waals surface area contributed by atoms with Crippen molar-refractivity contribution >= 4 is 9.84 Å². The van der Waals surface area contributed by atoms with Crippen molar-refractivity contribution < 1.29 is 8.42 Å². The van der Waals surface area contributed by atoms with Gasteiger partial charge in [-0.25, -0.2) is 8.42 Å². The van der Waals surface area contributed by atoms with E-state index in [0.29, 0.717) is 17.3 Å². The van der Waals surface area contributed by atoms with Crippen molar-refractivity contribution in [3.8, 4) is 0 Å². The van der Waals surface area contributed by atoms with Crippen molar-refractivity contribution in [1.82, 2.24) is 10.2 Å². The lowest BCUT2D eigenvalue weighted by Gasteiger charge is -2.45. The summed E-state index contributed by atoms with van der Waals surface area (Å²) in [7, 11) is -0.789. The molecule has 0 spiro atoms. The fourth-order valence-electron chi connectivity index (χ4n) is 4.27. The van der Waals surface area contributed by atoms with E-state index in [9.17, 15) is 8.42 Å². The molecule has 2 fully saturated rings. The van der Waals surface area contributed by atoms with Crippen LogP contribution in [0.5, 0.6) is 0 Å². The lowest BCUT2D eigenvalue weighted by molar-refractivity contribution is 0.0759. The van der Waals surface area contributed by atoms with E-state index < -0.39 is 9.84 Å². The molecule has 0 aromatic carbocycles. The van der Waals surface area contributed by atoms with Gasteiger partial charge in [-0.2, -0.15) is 0 Å². The molecule has 4 nitrogen and oxygen atoms in total. The van der Waals surface area contributed by atoms with Gasteiger partial charge >= 0.3 is 0 Å². The summed E-state index contributed by atoms with van der Waals surface area (Å²) in [4.78, 5) is 2.70. The highest BCUT2D eigenvalue weighted by Gasteiger charge is 2.45. The first-order valence-corrected chi connectivity index (χ1v) is 10.1. The Balaban J connectivity index is 2.01. The number of likely N-dealkylation sites (tertiary alicyclic amines) is 1. The predicted molar refractivity (Wildman–Crippen MR) is 83.8 cm³/mol. The number of nitrogens with one attached hydrogen (secondary N) is 1. The molecule has 0 aromatic heterocycles. The maximum absolute atomic E-state index is 11.3. The lowest BCUT2D eigenvalue weighted by Crippen LogP contribution is -2.58. The summed E-state index contributed by atoms with van der Waals surface area (Å²) >= 11 is 0. The van der Waals surface area contributed by atoms with Crippen LogP contribution < -0.4 is 5.32 Å². The van der Waals surface area contributed by atoms with Gasteiger partial charge in [0.1, 0.15) is 9.84 Å². The van der Waals surface area contributed by atoms with E-state index in [1.807, 2.05) is 7.05 Å². The maximum Gasteiger partial charge on any atom is 0.147 e. The lowest BCUT2D eigenvalue weighted by atomic mass is 9.83. The van der Waals surface area contributed by atoms with Gasteiger partial charge in [0, 0.05) is 23.6 Å². The minimum atomic E-state index is -2.83. The molecule has 118 valence electrons. The Labute approximate surface area is 124 Å². The smallest absolute Gasteiger partial charge is 0.147 e. The molecule has 1 N–H and O–H groups in total. The third-order valence-electron chi connectivity index (χ3n) is 5.21. The molecular formula is C15H30N2O2S. The van der Waals surface area contributed by atoms with Gasteiger partial charge in [0.25, 0.3) is 0 Å². The number of nitrogens with zero attached hydrogens (tertiary/aromatic N) is 1. The first kappa shape index (κ1) is 16.2. The molecule has 0 bridgehead atoms. The van der Waals surface area contributed by atoms with Crippen LogP contribution >= 0.6 is 0 Å². The largest absolute Gasteiger partial charge is 0.315 e. The molecule has 2 aliphatic rings. The van der Waals surface area contributed by atoms with E-state index in [4.69, 9.17) is 0 Å². The Hall–Kier alpha value is -0.130. The molecular weight excluding hydrogens is 272 g/mol. The quantitative estimate of drug-likeness (QED) is 0.779. The van der Waals surface area contributed by atoms with E-state index in [1.165, 1.54) is 57.9 Å². The van der Waals surface area contributed by atoms with E-state index in [-0.39, 0.29) is 0 Å². The molecule has 1 saturated heterocycles. The van der Waals surface area contributed by atoms with Crippen LogP contribution in [0.1, 0.15) is 51.4 Å². The second-order valence-corrected chi connectivity index (χ2v) is 8.88. The zero-order chi connectivity index (χ0) is 14.6. The fraction of sp³-hybridized carbons (Fsp3) is 1.00. The first-order chi connectivity index (χ1) is 9.48. The van der Waals surface area contributed by atoms with E-state index in [0.717, 1.165) is 12.8 Å². The minimum Gasteiger partial charge on any atom is -0.315 e. The fourth-order valence-corrected chi connectivity index (χ4v) is 4.96. The third-order valence-corrected chi connectivity index (χ3v) is 6.24. The second kappa shape index (κ2) is 6.75. The van der Waals surface area contributed by atoms with Crippen LogP contribution in [-0.4, -0.2) is 57.0 Å². The Bertz CT molecular complexity index is 396. The number of hydrogen-bond donors (Lipinski definition) is 1. The summed E-state index contributed by atoms with van der Waals surface area (Å²) in [5, 5.41) is 3.51. The van der Waals surface area contributed by atoms with Gasteiger partial charge in [-0.1, -0.05) is 12.8 Å². The van der Waals surface area contributed by atoms with Crippen LogP contribution in [-0.2, 0) is 9.84 Å². The zero-order valence-electron chi connectivity index (χ0n) is 13.0. The van der Waals surface area contributed by atoms with Gasteiger partial charge in [-0.3, -0.25) is 4.90 Å². The highest BCUT2D eigenvalue weighted by molar-refractivity contribution is 7.90. The van der Waals surface area contributed by atoms with Gasteiger partial charge in [-0.15, -0.1) is 0 Å². The van der Waals surface area contributed by atoms with Crippen LogP contribution in [0.3, 0.4) is 0 Å².